The number of hydrogen-bond donors (Lipinski definition) is 2. The maximum Gasteiger partial charge on any atom is 0.223 e. The zero-order valence-electron chi connectivity index (χ0n) is 13.0. The van der Waals surface area contributed by atoms with E-state index in [4.69, 9.17) is 5.73 Å². The van der Waals surface area contributed by atoms with Gasteiger partial charge in [0.05, 0.1) is 0 Å². The predicted octanol–water partition coefficient (Wildman–Crippen LogP) is 3.19. The molecule has 0 aliphatic heterocycles. The zero-order chi connectivity index (χ0) is 15.9. The monoisotopic (exact) mass is 312 g/mol. The summed E-state index contributed by atoms with van der Waals surface area (Å²) < 4.78 is 12.8. The molecular weight excluding hydrogens is 287 g/mol. The minimum absolute atomic E-state index is 0.0151. The summed E-state index contributed by atoms with van der Waals surface area (Å²) in [5, 5.41) is 2.93. The van der Waals surface area contributed by atoms with E-state index in [0.717, 1.165) is 17.7 Å². The third-order valence-electron chi connectivity index (χ3n) is 3.78. The van der Waals surface area contributed by atoms with E-state index in [1.54, 1.807) is 23.9 Å². The summed E-state index contributed by atoms with van der Waals surface area (Å²) >= 11 is 1.55. The molecule has 118 valence electrons. The van der Waals surface area contributed by atoms with Crippen molar-refractivity contribution < 1.29 is 9.18 Å². The Morgan fingerprint density at radius 1 is 1.33 bits per heavy atom. The number of benzene rings is 1. The maximum atomic E-state index is 12.8. The van der Waals surface area contributed by atoms with Gasteiger partial charge in [0, 0.05) is 28.6 Å². The molecular formula is C16H25FN2OS. The lowest BCUT2D eigenvalue weighted by Gasteiger charge is -2.27. The van der Waals surface area contributed by atoms with Crippen LogP contribution < -0.4 is 11.1 Å². The van der Waals surface area contributed by atoms with Gasteiger partial charge in [0.15, 0.2) is 0 Å². The van der Waals surface area contributed by atoms with E-state index in [-0.39, 0.29) is 23.2 Å². The molecule has 3 nitrogen and oxygen atoms in total. The van der Waals surface area contributed by atoms with Crippen molar-refractivity contribution in [3.63, 3.8) is 0 Å². The van der Waals surface area contributed by atoms with E-state index >= 15 is 0 Å². The first-order valence-electron chi connectivity index (χ1n) is 7.35. The molecule has 1 amide bonds. The van der Waals surface area contributed by atoms with Crippen molar-refractivity contribution in [1.29, 1.82) is 0 Å². The number of halogens is 1. The molecule has 5 heteroatoms. The third kappa shape index (κ3) is 6.06. The first-order chi connectivity index (χ1) is 9.90. The average Bonchev–Trinajstić information content (AvgIpc) is 2.51. The van der Waals surface area contributed by atoms with Gasteiger partial charge in [-0.05, 0) is 37.1 Å². The molecule has 0 spiro atoms. The topological polar surface area (TPSA) is 55.1 Å². The van der Waals surface area contributed by atoms with Crippen molar-refractivity contribution in [2.24, 2.45) is 11.7 Å². The molecule has 1 aromatic carbocycles. The fourth-order valence-corrected chi connectivity index (χ4v) is 2.69. The van der Waals surface area contributed by atoms with Crippen LogP contribution in [0.2, 0.25) is 0 Å². The Kier molecular flexibility index (Phi) is 7.18. The van der Waals surface area contributed by atoms with Crippen LogP contribution in [0.3, 0.4) is 0 Å². The molecule has 0 saturated heterocycles. The Labute approximate surface area is 130 Å². The first-order valence-corrected chi connectivity index (χ1v) is 8.33. The van der Waals surface area contributed by atoms with E-state index in [2.05, 4.69) is 5.32 Å². The lowest BCUT2D eigenvalue weighted by atomic mass is 9.94. The Morgan fingerprint density at radius 3 is 2.43 bits per heavy atom. The summed E-state index contributed by atoms with van der Waals surface area (Å²) in [6.45, 7) is 6.46. The molecule has 1 aromatic rings. The van der Waals surface area contributed by atoms with Crippen LogP contribution in [0.15, 0.2) is 29.2 Å². The maximum absolute atomic E-state index is 12.8. The van der Waals surface area contributed by atoms with Gasteiger partial charge in [-0.15, -0.1) is 11.8 Å². The van der Waals surface area contributed by atoms with Crippen LogP contribution in [0.5, 0.6) is 0 Å². The quantitative estimate of drug-likeness (QED) is 0.725. The minimum Gasteiger partial charge on any atom is -0.354 e. The van der Waals surface area contributed by atoms with Gasteiger partial charge in [0.25, 0.3) is 0 Å². The molecule has 1 unspecified atom stereocenters. The van der Waals surface area contributed by atoms with Crippen LogP contribution in [-0.4, -0.2) is 23.7 Å². The number of nitrogens with two attached hydrogens (primary N) is 1. The fraction of sp³-hybridized carbons (Fsp3) is 0.562. The highest BCUT2D eigenvalue weighted by atomic mass is 32.2. The van der Waals surface area contributed by atoms with Crippen molar-refractivity contribution in [2.75, 3.05) is 12.3 Å². The third-order valence-corrected chi connectivity index (χ3v) is 5.06. The largest absolute Gasteiger partial charge is 0.354 e. The summed E-state index contributed by atoms with van der Waals surface area (Å²) in [5.74, 6) is 0.315. The average molecular weight is 312 g/mol. The smallest absolute Gasteiger partial charge is 0.223 e. The van der Waals surface area contributed by atoms with Crippen LogP contribution in [0.25, 0.3) is 0 Å². The van der Waals surface area contributed by atoms with E-state index in [9.17, 15) is 9.18 Å². The molecule has 0 saturated carbocycles. The van der Waals surface area contributed by atoms with Crippen LogP contribution in [-0.2, 0) is 4.79 Å². The second-order valence-corrected chi connectivity index (χ2v) is 6.55. The van der Waals surface area contributed by atoms with Crippen LogP contribution in [0.4, 0.5) is 4.39 Å². The van der Waals surface area contributed by atoms with Crippen molar-refractivity contribution in [2.45, 2.75) is 44.0 Å². The first kappa shape index (κ1) is 18.0. The standard InChI is InChI=1S/C16H25FN2OS/c1-4-16(18,5-2)11-19-15(20)12(3)10-21-14-8-6-13(17)7-9-14/h6-9,12H,4-5,10-11,18H2,1-3H3,(H,19,20). The predicted molar refractivity (Wildman–Crippen MR) is 86.8 cm³/mol. The van der Waals surface area contributed by atoms with Gasteiger partial charge < -0.3 is 11.1 Å². The molecule has 0 bridgehead atoms. The molecule has 0 heterocycles. The number of hydrogen-bond acceptors (Lipinski definition) is 3. The Morgan fingerprint density at radius 2 is 1.90 bits per heavy atom. The normalized spacial score (nSPS) is 13.0. The Hall–Kier alpha value is -1.07. The highest BCUT2D eigenvalue weighted by Gasteiger charge is 2.22. The fourth-order valence-electron chi connectivity index (χ4n) is 1.77. The second-order valence-electron chi connectivity index (χ2n) is 5.45. The number of rotatable bonds is 8. The van der Waals surface area contributed by atoms with Gasteiger partial charge in [-0.2, -0.15) is 0 Å². The van der Waals surface area contributed by atoms with Gasteiger partial charge >= 0.3 is 0 Å². The second kappa shape index (κ2) is 8.39. The van der Waals surface area contributed by atoms with Crippen molar-refractivity contribution in [3.8, 4) is 0 Å². The zero-order valence-corrected chi connectivity index (χ0v) is 13.8. The van der Waals surface area contributed by atoms with E-state index in [0.29, 0.717) is 12.3 Å². The van der Waals surface area contributed by atoms with Crippen LogP contribution in [0.1, 0.15) is 33.6 Å². The molecule has 0 radical (unpaired) electrons. The summed E-state index contributed by atoms with van der Waals surface area (Å²) in [4.78, 5) is 13.0. The summed E-state index contributed by atoms with van der Waals surface area (Å²) in [6.07, 6.45) is 1.67. The number of nitrogens with one attached hydrogen (secondary N) is 1. The van der Waals surface area contributed by atoms with Gasteiger partial charge in [-0.25, -0.2) is 4.39 Å². The SMILES string of the molecule is CCC(N)(CC)CNC(=O)C(C)CSc1ccc(F)cc1. The van der Waals surface area contributed by atoms with Gasteiger partial charge in [-0.1, -0.05) is 20.8 Å². The Bertz CT molecular complexity index is 446. The number of amides is 1. The molecule has 0 aliphatic rings. The number of carbonyl (C=O) groups excluding carboxylic acids is 1. The van der Waals surface area contributed by atoms with Crippen LogP contribution in [0, 0.1) is 11.7 Å². The van der Waals surface area contributed by atoms with E-state index in [1.165, 1.54) is 12.1 Å². The molecule has 1 rings (SSSR count). The minimum atomic E-state index is -0.320. The lowest BCUT2D eigenvalue weighted by molar-refractivity contribution is -0.124. The molecule has 21 heavy (non-hydrogen) atoms. The highest BCUT2D eigenvalue weighted by Crippen LogP contribution is 2.21. The summed E-state index contributed by atoms with van der Waals surface area (Å²) in [7, 11) is 0. The molecule has 1 atom stereocenters. The Balaban J connectivity index is 2.39. The summed E-state index contributed by atoms with van der Waals surface area (Å²) in [6, 6.07) is 6.31. The number of thioether (sulfide) groups is 1. The summed E-state index contributed by atoms with van der Waals surface area (Å²) in [5.41, 5.74) is 5.85. The number of carbonyl (C=O) groups is 1. The molecule has 0 aromatic heterocycles. The lowest BCUT2D eigenvalue weighted by Crippen LogP contribution is -2.50. The van der Waals surface area contributed by atoms with Gasteiger partial charge in [0.2, 0.25) is 5.91 Å². The van der Waals surface area contributed by atoms with Crippen LogP contribution >= 0.6 is 11.8 Å². The molecule has 0 fully saturated rings. The van der Waals surface area contributed by atoms with Crippen molar-refractivity contribution >= 4 is 17.7 Å². The van der Waals surface area contributed by atoms with Crippen molar-refractivity contribution in [3.05, 3.63) is 30.1 Å². The van der Waals surface area contributed by atoms with E-state index < -0.39 is 0 Å². The van der Waals surface area contributed by atoms with Crippen molar-refractivity contribution in [1.82, 2.24) is 5.32 Å². The van der Waals surface area contributed by atoms with Gasteiger partial charge in [-0.3, -0.25) is 4.79 Å². The van der Waals surface area contributed by atoms with Gasteiger partial charge in [0.1, 0.15) is 5.82 Å². The highest BCUT2D eigenvalue weighted by molar-refractivity contribution is 7.99. The molecule has 0 aliphatic carbocycles. The van der Waals surface area contributed by atoms with E-state index in [1.807, 2.05) is 20.8 Å². The molecule has 3 N–H and O–H groups in total.